The van der Waals surface area contributed by atoms with Crippen molar-refractivity contribution >= 4 is 38.1 Å². The molecule has 1 aliphatic heterocycles. The lowest BCUT2D eigenvalue weighted by Gasteiger charge is -2.21. The van der Waals surface area contributed by atoms with Crippen molar-refractivity contribution in [1.29, 1.82) is 0 Å². The monoisotopic (exact) mass is 441 g/mol. The van der Waals surface area contributed by atoms with Crippen LogP contribution in [0.3, 0.4) is 0 Å². The number of hydrogen-bond acceptors (Lipinski definition) is 5. The molecule has 1 atom stereocenters. The highest BCUT2D eigenvalue weighted by atomic mass is 32.2. The largest absolute Gasteiger partial charge is 0.298 e. The number of carbonyl (C=O) groups is 1. The zero-order valence-corrected chi connectivity index (χ0v) is 18.9. The maximum absolute atomic E-state index is 12.7. The smallest absolute Gasteiger partial charge is 0.257 e. The summed E-state index contributed by atoms with van der Waals surface area (Å²) in [5.74, 6) is -0.260. The van der Waals surface area contributed by atoms with Crippen LogP contribution in [0.25, 0.3) is 11.3 Å². The van der Waals surface area contributed by atoms with Crippen molar-refractivity contribution in [2.75, 3.05) is 15.9 Å². The average Bonchev–Trinajstić information content (AvgIpc) is 3.26. The maximum Gasteiger partial charge on any atom is 0.257 e. The minimum Gasteiger partial charge on any atom is -0.298 e. The van der Waals surface area contributed by atoms with E-state index in [0.29, 0.717) is 22.8 Å². The first-order valence-electron chi connectivity index (χ1n) is 9.60. The van der Waals surface area contributed by atoms with Crippen molar-refractivity contribution in [2.45, 2.75) is 33.2 Å². The summed E-state index contributed by atoms with van der Waals surface area (Å²) < 4.78 is 25.5. The molecule has 8 heteroatoms. The second kappa shape index (κ2) is 7.52. The Morgan fingerprint density at radius 1 is 1.17 bits per heavy atom. The van der Waals surface area contributed by atoms with Gasteiger partial charge >= 0.3 is 0 Å². The Morgan fingerprint density at radius 3 is 2.63 bits per heavy atom. The summed E-state index contributed by atoms with van der Waals surface area (Å²) in [6.45, 7) is 6.00. The van der Waals surface area contributed by atoms with Crippen LogP contribution >= 0.6 is 11.3 Å². The minimum atomic E-state index is -3.35. The van der Waals surface area contributed by atoms with E-state index in [9.17, 15) is 13.2 Å². The Kier molecular flexibility index (Phi) is 5.15. The fourth-order valence-corrected chi connectivity index (χ4v) is 5.76. The van der Waals surface area contributed by atoms with E-state index in [1.165, 1.54) is 33.0 Å². The van der Waals surface area contributed by atoms with E-state index in [1.54, 1.807) is 18.2 Å². The predicted molar refractivity (Wildman–Crippen MR) is 122 cm³/mol. The molecule has 6 nitrogen and oxygen atoms in total. The summed E-state index contributed by atoms with van der Waals surface area (Å²) in [5, 5.41) is 5.31. The zero-order chi connectivity index (χ0) is 21.6. The number of aryl methyl sites for hydroxylation is 2. The van der Waals surface area contributed by atoms with E-state index in [0.717, 1.165) is 16.8 Å². The summed E-state index contributed by atoms with van der Waals surface area (Å²) in [6, 6.07) is 11.1. The first-order valence-corrected chi connectivity index (χ1v) is 12.3. The summed E-state index contributed by atoms with van der Waals surface area (Å²) >= 11 is 1.38. The number of nitrogens with one attached hydrogen (secondary N) is 1. The molecule has 0 fully saturated rings. The number of sulfonamides is 1. The van der Waals surface area contributed by atoms with Gasteiger partial charge in [-0.15, -0.1) is 11.3 Å². The SMILES string of the molecule is Cc1ccc(-c2csc(NC(=O)c3ccc4c(c3)C[C@@H](C)N4S(C)(=O)=O)n2)cc1C. The topological polar surface area (TPSA) is 79.4 Å². The van der Waals surface area contributed by atoms with E-state index in [-0.39, 0.29) is 11.9 Å². The first kappa shape index (κ1) is 20.6. The number of hydrogen-bond donors (Lipinski definition) is 1. The molecular formula is C22H23N3O3S2. The second-order valence-corrected chi connectivity index (χ2v) is 10.5. The van der Waals surface area contributed by atoms with Gasteiger partial charge in [-0.25, -0.2) is 13.4 Å². The van der Waals surface area contributed by atoms with Crippen LogP contribution in [0, 0.1) is 13.8 Å². The fourth-order valence-electron chi connectivity index (χ4n) is 3.78. The van der Waals surface area contributed by atoms with Crippen LogP contribution in [0.1, 0.15) is 34.0 Å². The molecule has 0 saturated heterocycles. The molecule has 0 radical (unpaired) electrons. The third kappa shape index (κ3) is 3.85. The molecule has 30 heavy (non-hydrogen) atoms. The molecule has 1 N–H and O–H groups in total. The third-order valence-electron chi connectivity index (χ3n) is 5.38. The first-order chi connectivity index (χ1) is 14.1. The Labute approximate surface area is 180 Å². The van der Waals surface area contributed by atoms with Crippen molar-refractivity contribution in [1.82, 2.24) is 4.98 Å². The molecule has 4 rings (SSSR count). The Bertz CT molecular complexity index is 1250. The number of benzene rings is 2. The van der Waals surface area contributed by atoms with Gasteiger partial charge in [-0.1, -0.05) is 12.1 Å². The van der Waals surface area contributed by atoms with Crippen molar-refractivity contribution in [3.63, 3.8) is 0 Å². The predicted octanol–water partition coefficient (Wildman–Crippen LogP) is 4.39. The maximum atomic E-state index is 12.7. The van der Waals surface area contributed by atoms with E-state index in [2.05, 4.69) is 36.3 Å². The number of thiazole rings is 1. The molecule has 0 bridgehead atoms. The van der Waals surface area contributed by atoms with Crippen LogP contribution in [0.5, 0.6) is 0 Å². The molecule has 3 aromatic rings. The lowest BCUT2D eigenvalue weighted by Crippen LogP contribution is -2.34. The molecule has 1 aliphatic rings. The number of anilines is 2. The van der Waals surface area contributed by atoms with Gasteiger partial charge in [0.15, 0.2) is 5.13 Å². The number of nitrogens with zero attached hydrogens (tertiary/aromatic N) is 2. The van der Waals surface area contributed by atoms with Gasteiger partial charge in [0.25, 0.3) is 5.91 Å². The number of fused-ring (bicyclic) bond motifs is 1. The highest BCUT2D eigenvalue weighted by Gasteiger charge is 2.32. The van der Waals surface area contributed by atoms with Crippen LogP contribution in [0.2, 0.25) is 0 Å². The number of aromatic nitrogens is 1. The Hall–Kier alpha value is -2.71. The van der Waals surface area contributed by atoms with Gasteiger partial charge in [-0.05, 0) is 68.1 Å². The van der Waals surface area contributed by atoms with E-state index < -0.39 is 10.0 Å². The van der Waals surface area contributed by atoms with Gasteiger partial charge < -0.3 is 0 Å². The van der Waals surface area contributed by atoms with Crippen molar-refractivity contribution in [3.05, 3.63) is 64.0 Å². The lowest BCUT2D eigenvalue weighted by atomic mass is 10.1. The van der Waals surface area contributed by atoms with Crippen LogP contribution in [-0.4, -0.2) is 31.6 Å². The number of carbonyl (C=O) groups excluding carboxylic acids is 1. The molecule has 1 amide bonds. The van der Waals surface area contributed by atoms with Gasteiger partial charge in [-0.3, -0.25) is 14.4 Å². The van der Waals surface area contributed by atoms with Gasteiger partial charge in [0.1, 0.15) is 0 Å². The molecule has 0 unspecified atom stereocenters. The highest BCUT2D eigenvalue weighted by Crippen LogP contribution is 2.35. The average molecular weight is 442 g/mol. The van der Waals surface area contributed by atoms with Gasteiger partial charge in [0, 0.05) is 22.5 Å². The Balaban J connectivity index is 1.54. The summed E-state index contributed by atoms with van der Waals surface area (Å²) in [4.78, 5) is 17.3. The van der Waals surface area contributed by atoms with E-state index in [4.69, 9.17) is 0 Å². The number of amides is 1. The lowest BCUT2D eigenvalue weighted by molar-refractivity contribution is 0.102. The van der Waals surface area contributed by atoms with Crippen LogP contribution in [-0.2, 0) is 16.4 Å². The third-order valence-corrected chi connectivity index (χ3v) is 7.41. The zero-order valence-electron chi connectivity index (χ0n) is 17.3. The Morgan fingerprint density at radius 2 is 1.93 bits per heavy atom. The summed E-state index contributed by atoms with van der Waals surface area (Å²) in [6.07, 6.45) is 1.78. The van der Waals surface area contributed by atoms with E-state index >= 15 is 0 Å². The minimum absolute atomic E-state index is 0.159. The normalized spacial score (nSPS) is 15.9. The quantitative estimate of drug-likeness (QED) is 0.651. The second-order valence-electron chi connectivity index (χ2n) is 7.75. The van der Waals surface area contributed by atoms with Crippen LogP contribution in [0.15, 0.2) is 41.8 Å². The summed E-state index contributed by atoms with van der Waals surface area (Å²) in [5.41, 5.74) is 6.25. The van der Waals surface area contributed by atoms with Gasteiger partial charge in [0.05, 0.1) is 17.6 Å². The molecule has 1 aromatic heterocycles. The van der Waals surface area contributed by atoms with Crippen molar-refractivity contribution in [2.24, 2.45) is 0 Å². The molecular weight excluding hydrogens is 418 g/mol. The molecule has 156 valence electrons. The molecule has 0 saturated carbocycles. The van der Waals surface area contributed by atoms with Gasteiger partial charge in [0.2, 0.25) is 10.0 Å². The molecule has 2 heterocycles. The van der Waals surface area contributed by atoms with Crippen LogP contribution in [0.4, 0.5) is 10.8 Å². The fraction of sp³-hybridized carbons (Fsp3) is 0.273. The van der Waals surface area contributed by atoms with Crippen molar-refractivity contribution < 1.29 is 13.2 Å². The van der Waals surface area contributed by atoms with Gasteiger partial charge in [-0.2, -0.15) is 0 Å². The molecule has 0 aliphatic carbocycles. The number of rotatable bonds is 4. The van der Waals surface area contributed by atoms with E-state index in [1.807, 2.05) is 18.4 Å². The van der Waals surface area contributed by atoms with Crippen molar-refractivity contribution in [3.8, 4) is 11.3 Å². The molecule has 0 spiro atoms. The standard InChI is InChI=1S/C22H23N3O3S2/c1-13-5-6-16(9-14(13)2)19-12-29-22(23-19)24-21(26)17-7-8-20-18(11-17)10-15(3)25(20)30(4,27)28/h5-9,11-12,15H,10H2,1-4H3,(H,23,24,26)/t15-/m1/s1. The molecule has 2 aromatic carbocycles. The highest BCUT2D eigenvalue weighted by molar-refractivity contribution is 7.92. The summed E-state index contributed by atoms with van der Waals surface area (Å²) in [7, 11) is -3.35. The van der Waals surface area contributed by atoms with Crippen LogP contribution < -0.4 is 9.62 Å².